The molecule has 1 aliphatic rings. The summed E-state index contributed by atoms with van der Waals surface area (Å²) in [5.74, 6) is 0. The summed E-state index contributed by atoms with van der Waals surface area (Å²) in [6, 6.07) is 10.9. The van der Waals surface area contributed by atoms with E-state index in [2.05, 4.69) is 17.4 Å². The molecule has 1 atom stereocenters. The molecule has 0 unspecified atom stereocenters. The number of rotatable bonds is 4. The molecule has 2 N–H and O–H groups in total. The highest BCUT2D eigenvalue weighted by Gasteiger charge is 2.18. The molecule has 2 rings (SSSR count). The first-order chi connectivity index (χ1) is 7.90. The normalized spacial score (nSPS) is 19.6. The van der Waals surface area contributed by atoms with Crippen LogP contribution in [0.3, 0.4) is 0 Å². The van der Waals surface area contributed by atoms with E-state index < -0.39 is 0 Å². The average Bonchev–Trinajstić information content (AvgIpc) is 2.38. The monoisotopic (exact) mass is 219 g/mol. The number of nitrogens with one attached hydrogen (secondary N) is 1. The predicted octanol–water partition coefficient (Wildman–Crippen LogP) is 2.64. The molecule has 0 amide bonds. The maximum Gasteiger partial charge on any atom is 0.0626 e. The highest BCUT2D eigenvalue weighted by Crippen LogP contribution is 2.21. The molecule has 16 heavy (non-hydrogen) atoms. The Hall–Kier alpha value is -0.860. The first kappa shape index (κ1) is 11.6. The van der Waals surface area contributed by atoms with Crippen molar-refractivity contribution >= 4 is 0 Å². The fraction of sp³-hybridized carbons (Fsp3) is 0.571. The van der Waals surface area contributed by atoms with Crippen molar-refractivity contribution in [1.82, 2.24) is 5.32 Å². The van der Waals surface area contributed by atoms with Crippen LogP contribution in [0.5, 0.6) is 0 Å². The van der Waals surface area contributed by atoms with Gasteiger partial charge in [-0.1, -0.05) is 49.6 Å². The topological polar surface area (TPSA) is 32.3 Å². The first-order valence-corrected chi connectivity index (χ1v) is 6.32. The van der Waals surface area contributed by atoms with Gasteiger partial charge in [-0.2, -0.15) is 0 Å². The van der Waals surface area contributed by atoms with E-state index in [1.54, 1.807) is 0 Å². The van der Waals surface area contributed by atoms with E-state index >= 15 is 0 Å². The molecule has 2 nitrogen and oxygen atoms in total. The summed E-state index contributed by atoms with van der Waals surface area (Å²) in [5.41, 5.74) is 1.19. The van der Waals surface area contributed by atoms with Crippen molar-refractivity contribution in [3.63, 3.8) is 0 Å². The molecule has 0 bridgehead atoms. The molecule has 0 saturated heterocycles. The van der Waals surface area contributed by atoms with E-state index in [1.807, 2.05) is 18.2 Å². The lowest BCUT2D eigenvalue weighted by Gasteiger charge is -2.27. The second-order valence-corrected chi connectivity index (χ2v) is 4.65. The van der Waals surface area contributed by atoms with Gasteiger partial charge in [-0.05, 0) is 18.4 Å². The summed E-state index contributed by atoms with van der Waals surface area (Å²) in [6.45, 7) is 0.181. The van der Waals surface area contributed by atoms with Crippen LogP contribution in [0.25, 0.3) is 0 Å². The first-order valence-electron chi connectivity index (χ1n) is 6.32. The molecule has 88 valence electrons. The van der Waals surface area contributed by atoms with Gasteiger partial charge in [0.15, 0.2) is 0 Å². The van der Waals surface area contributed by atoms with E-state index in [9.17, 15) is 5.11 Å². The lowest BCUT2D eigenvalue weighted by atomic mass is 9.94. The summed E-state index contributed by atoms with van der Waals surface area (Å²) in [7, 11) is 0. The summed E-state index contributed by atoms with van der Waals surface area (Å²) < 4.78 is 0. The maximum absolute atomic E-state index is 9.45. The maximum atomic E-state index is 9.45. The van der Waals surface area contributed by atoms with Crippen LogP contribution in [-0.4, -0.2) is 17.8 Å². The van der Waals surface area contributed by atoms with E-state index in [0.29, 0.717) is 6.04 Å². The molecule has 0 aliphatic heterocycles. The van der Waals surface area contributed by atoms with Crippen LogP contribution in [0.2, 0.25) is 0 Å². The molecule has 0 spiro atoms. The molecule has 1 aromatic carbocycles. The smallest absolute Gasteiger partial charge is 0.0626 e. The zero-order valence-electron chi connectivity index (χ0n) is 9.73. The Morgan fingerprint density at radius 1 is 1.12 bits per heavy atom. The largest absolute Gasteiger partial charge is 0.394 e. The number of hydrogen-bond acceptors (Lipinski definition) is 2. The predicted molar refractivity (Wildman–Crippen MR) is 66.3 cm³/mol. The third kappa shape index (κ3) is 3.06. The molecular formula is C14H21NO. The fourth-order valence-electron chi connectivity index (χ4n) is 2.49. The Kier molecular flexibility index (Phi) is 4.37. The average molecular weight is 219 g/mol. The van der Waals surface area contributed by atoms with Crippen molar-refractivity contribution in [3.05, 3.63) is 35.9 Å². The second-order valence-electron chi connectivity index (χ2n) is 4.65. The molecule has 1 saturated carbocycles. The molecule has 0 aromatic heterocycles. The van der Waals surface area contributed by atoms with E-state index in [1.165, 1.54) is 37.7 Å². The Morgan fingerprint density at radius 2 is 1.81 bits per heavy atom. The molecule has 0 radical (unpaired) electrons. The van der Waals surface area contributed by atoms with Crippen LogP contribution in [0.1, 0.15) is 43.7 Å². The van der Waals surface area contributed by atoms with Crippen molar-refractivity contribution in [2.75, 3.05) is 6.61 Å². The third-order valence-corrected chi connectivity index (χ3v) is 3.43. The van der Waals surface area contributed by atoms with Gasteiger partial charge in [0.1, 0.15) is 0 Å². The standard InChI is InChI=1S/C14H21NO/c16-11-14(12-7-3-1-4-8-12)15-13-9-5-2-6-10-13/h1,3-4,7-8,13-16H,2,5-6,9-11H2/t14-/m0/s1. The summed E-state index contributed by atoms with van der Waals surface area (Å²) in [4.78, 5) is 0. The van der Waals surface area contributed by atoms with Gasteiger partial charge in [-0.15, -0.1) is 0 Å². The van der Waals surface area contributed by atoms with Crippen LogP contribution >= 0.6 is 0 Å². The minimum atomic E-state index is 0.101. The molecular weight excluding hydrogens is 198 g/mol. The number of aliphatic hydroxyl groups is 1. The quantitative estimate of drug-likeness (QED) is 0.816. The van der Waals surface area contributed by atoms with Crippen molar-refractivity contribution in [1.29, 1.82) is 0 Å². The SMILES string of the molecule is OC[C@H](NC1CCCCC1)c1ccccc1. The summed E-state index contributed by atoms with van der Waals surface area (Å²) >= 11 is 0. The summed E-state index contributed by atoms with van der Waals surface area (Å²) in [6.07, 6.45) is 6.52. The van der Waals surface area contributed by atoms with Gasteiger partial charge in [0.25, 0.3) is 0 Å². The van der Waals surface area contributed by atoms with Gasteiger partial charge in [0, 0.05) is 6.04 Å². The van der Waals surface area contributed by atoms with Gasteiger partial charge in [-0.3, -0.25) is 0 Å². The lowest BCUT2D eigenvalue weighted by Crippen LogP contribution is -2.36. The van der Waals surface area contributed by atoms with E-state index in [-0.39, 0.29) is 12.6 Å². The van der Waals surface area contributed by atoms with Crippen LogP contribution in [0.4, 0.5) is 0 Å². The molecule has 2 heteroatoms. The Labute approximate surface area is 97.7 Å². The van der Waals surface area contributed by atoms with Crippen LogP contribution < -0.4 is 5.32 Å². The molecule has 1 aromatic rings. The van der Waals surface area contributed by atoms with Crippen LogP contribution in [0, 0.1) is 0 Å². The van der Waals surface area contributed by atoms with Gasteiger partial charge >= 0.3 is 0 Å². The minimum absolute atomic E-state index is 0.101. The number of benzene rings is 1. The van der Waals surface area contributed by atoms with Crippen molar-refractivity contribution < 1.29 is 5.11 Å². The third-order valence-electron chi connectivity index (χ3n) is 3.43. The highest BCUT2D eigenvalue weighted by atomic mass is 16.3. The van der Waals surface area contributed by atoms with Gasteiger partial charge < -0.3 is 10.4 Å². The van der Waals surface area contributed by atoms with Crippen LogP contribution in [0.15, 0.2) is 30.3 Å². The van der Waals surface area contributed by atoms with Crippen molar-refractivity contribution in [3.8, 4) is 0 Å². The van der Waals surface area contributed by atoms with Crippen molar-refractivity contribution in [2.24, 2.45) is 0 Å². The Balaban J connectivity index is 1.94. The fourth-order valence-corrected chi connectivity index (χ4v) is 2.49. The summed E-state index contributed by atoms with van der Waals surface area (Å²) in [5, 5.41) is 13.0. The molecule has 0 heterocycles. The second kappa shape index (κ2) is 6.02. The van der Waals surface area contributed by atoms with E-state index in [0.717, 1.165) is 0 Å². The zero-order valence-corrected chi connectivity index (χ0v) is 9.73. The number of aliphatic hydroxyl groups excluding tert-OH is 1. The molecule has 1 aliphatic carbocycles. The molecule has 1 fully saturated rings. The van der Waals surface area contributed by atoms with Crippen LogP contribution in [-0.2, 0) is 0 Å². The van der Waals surface area contributed by atoms with Crippen molar-refractivity contribution in [2.45, 2.75) is 44.2 Å². The van der Waals surface area contributed by atoms with E-state index in [4.69, 9.17) is 0 Å². The Bertz CT molecular complexity index is 293. The Morgan fingerprint density at radius 3 is 2.44 bits per heavy atom. The lowest BCUT2D eigenvalue weighted by molar-refractivity contribution is 0.220. The number of hydrogen-bond donors (Lipinski definition) is 2. The highest BCUT2D eigenvalue weighted by molar-refractivity contribution is 5.19. The minimum Gasteiger partial charge on any atom is -0.394 e. The van der Waals surface area contributed by atoms with Gasteiger partial charge in [-0.25, -0.2) is 0 Å². The van der Waals surface area contributed by atoms with Gasteiger partial charge in [0.2, 0.25) is 0 Å². The zero-order chi connectivity index (χ0) is 11.2. The van der Waals surface area contributed by atoms with Gasteiger partial charge in [0.05, 0.1) is 12.6 Å².